The molecule has 0 atom stereocenters. The summed E-state index contributed by atoms with van der Waals surface area (Å²) in [5, 5.41) is 9.89. The fraction of sp³-hybridized carbons (Fsp3) is 0.410. The number of hydrogen-bond donors (Lipinski definition) is 1. The van der Waals surface area contributed by atoms with Crippen LogP contribution in [0, 0.1) is 11.8 Å². The summed E-state index contributed by atoms with van der Waals surface area (Å²) in [6.45, 7) is 8.73. The van der Waals surface area contributed by atoms with Gasteiger partial charge in [-0.2, -0.15) is 9.40 Å². The van der Waals surface area contributed by atoms with Gasteiger partial charge in [-0.1, -0.05) is 65.4 Å². The van der Waals surface area contributed by atoms with Crippen LogP contribution in [0.5, 0.6) is 0 Å². The summed E-state index contributed by atoms with van der Waals surface area (Å²) in [4.78, 5) is 5.21. The van der Waals surface area contributed by atoms with Crippen LogP contribution in [0.3, 0.4) is 0 Å². The van der Waals surface area contributed by atoms with E-state index in [2.05, 4.69) is 43.8 Å². The van der Waals surface area contributed by atoms with E-state index < -0.39 is 10.0 Å². The first-order valence-electron chi connectivity index (χ1n) is 17.6. The molecule has 1 aliphatic carbocycles. The van der Waals surface area contributed by atoms with Gasteiger partial charge in [0.25, 0.3) is 0 Å². The van der Waals surface area contributed by atoms with Crippen molar-refractivity contribution >= 4 is 33.2 Å². The Bertz CT molecular complexity index is 1970. The number of nitrogens with zero attached hydrogens (tertiary/aromatic N) is 5. The van der Waals surface area contributed by atoms with E-state index in [4.69, 9.17) is 28.3 Å². The van der Waals surface area contributed by atoms with Gasteiger partial charge in [0.1, 0.15) is 0 Å². The fourth-order valence-corrected chi connectivity index (χ4v) is 8.05. The minimum Gasteiger partial charge on any atom is -0.309 e. The van der Waals surface area contributed by atoms with Crippen molar-refractivity contribution in [3.8, 4) is 23.1 Å². The molecule has 1 aromatic heterocycles. The minimum atomic E-state index is -3.34. The third kappa shape index (κ3) is 8.80. The second-order valence-corrected chi connectivity index (χ2v) is 16.5. The lowest BCUT2D eigenvalue weighted by Gasteiger charge is -2.34. The summed E-state index contributed by atoms with van der Waals surface area (Å²) >= 11 is 12.6. The smallest absolute Gasteiger partial charge is 0.211 e. The monoisotopic (exact) mass is 730 g/mol. The summed E-state index contributed by atoms with van der Waals surface area (Å²) in [6.07, 6.45) is 5.66. The van der Waals surface area contributed by atoms with Gasteiger partial charge < -0.3 is 10.2 Å². The quantitative estimate of drug-likeness (QED) is 0.190. The zero-order valence-electron chi connectivity index (χ0n) is 28.5. The highest BCUT2D eigenvalue weighted by Crippen LogP contribution is 2.33. The normalized spacial score (nSPS) is 17.3. The molecule has 7 rings (SSSR count). The molecule has 2 aliphatic heterocycles. The fourth-order valence-electron chi connectivity index (χ4n) is 6.97. The average Bonchev–Trinajstić information content (AvgIpc) is 3.91. The molecule has 8 nitrogen and oxygen atoms in total. The molecule has 0 amide bonds. The molecule has 0 radical (unpaired) electrons. The van der Waals surface area contributed by atoms with Gasteiger partial charge in [-0.25, -0.2) is 8.42 Å². The van der Waals surface area contributed by atoms with E-state index in [9.17, 15) is 8.42 Å². The summed E-state index contributed by atoms with van der Waals surface area (Å²) in [5.74, 6) is 6.55. The van der Waals surface area contributed by atoms with Crippen LogP contribution in [-0.4, -0.2) is 83.9 Å². The molecule has 1 saturated heterocycles. The van der Waals surface area contributed by atoms with Crippen LogP contribution in [0.1, 0.15) is 52.8 Å². The van der Waals surface area contributed by atoms with Gasteiger partial charge in [0.15, 0.2) is 0 Å². The van der Waals surface area contributed by atoms with Crippen molar-refractivity contribution in [1.82, 2.24) is 29.2 Å². The Kier molecular flexibility index (Phi) is 11.0. The van der Waals surface area contributed by atoms with E-state index in [0.29, 0.717) is 30.1 Å². The summed E-state index contributed by atoms with van der Waals surface area (Å²) in [6, 6.07) is 22.7. The highest BCUT2D eigenvalue weighted by atomic mass is 35.5. The van der Waals surface area contributed by atoms with E-state index in [-0.39, 0.29) is 0 Å². The lowest BCUT2D eigenvalue weighted by atomic mass is 10.0. The van der Waals surface area contributed by atoms with Gasteiger partial charge in [0, 0.05) is 104 Å². The Hall–Kier alpha value is -3.20. The molecule has 0 unspecified atom stereocenters. The number of rotatable bonds is 11. The largest absolute Gasteiger partial charge is 0.309 e. The molecule has 0 bridgehead atoms. The van der Waals surface area contributed by atoms with E-state index in [0.717, 1.165) is 84.8 Å². The van der Waals surface area contributed by atoms with Crippen LogP contribution in [0.15, 0.2) is 66.7 Å². The first-order chi connectivity index (χ1) is 24.2. The second kappa shape index (κ2) is 15.6. The van der Waals surface area contributed by atoms with Crippen molar-refractivity contribution < 1.29 is 8.42 Å². The number of fused-ring (bicyclic) bond motifs is 1. The van der Waals surface area contributed by atoms with Crippen LogP contribution in [0.2, 0.25) is 10.0 Å². The maximum atomic E-state index is 12.6. The maximum Gasteiger partial charge on any atom is 0.211 e. The molecule has 2 fully saturated rings. The van der Waals surface area contributed by atoms with Crippen LogP contribution < -0.4 is 5.32 Å². The van der Waals surface area contributed by atoms with Crippen molar-refractivity contribution in [2.45, 2.75) is 57.9 Å². The Morgan fingerprint density at radius 3 is 2.24 bits per heavy atom. The Morgan fingerprint density at radius 1 is 0.860 bits per heavy atom. The molecule has 0 spiro atoms. The number of hydrogen-bond acceptors (Lipinski definition) is 6. The average molecular weight is 732 g/mol. The lowest BCUT2D eigenvalue weighted by Crippen LogP contribution is -2.47. The van der Waals surface area contributed by atoms with Crippen molar-refractivity contribution in [2.75, 3.05) is 45.5 Å². The number of sulfonamides is 1. The third-order valence-corrected chi connectivity index (χ3v) is 11.8. The lowest BCUT2D eigenvalue weighted by molar-refractivity contribution is 0.124. The van der Waals surface area contributed by atoms with Crippen molar-refractivity contribution in [3.05, 3.63) is 110 Å². The van der Waals surface area contributed by atoms with Crippen molar-refractivity contribution in [2.24, 2.45) is 0 Å². The molecule has 11 heteroatoms. The SMILES string of the molecule is CS(=O)(=O)N1CCc2c(c(-c3ccc(Cl)c(C#Cc4ccc(CNCc5ccc(Cl)cc5)cc4)c3)nn2CCCN2CCN(C3CC3)CC2)C1. The zero-order valence-corrected chi connectivity index (χ0v) is 30.9. The second-order valence-electron chi connectivity index (χ2n) is 13.7. The van der Waals surface area contributed by atoms with Gasteiger partial charge in [0.05, 0.1) is 17.0 Å². The first-order valence-corrected chi connectivity index (χ1v) is 20.2. The molecule has 1 N–H and O–H groups in total. The summed E-state index contributed by atoms with van der Waals surface area (Å²) in [7, 11) is -3.34. The summed E-state index contributed by atoms with van der Waals surface area (Å²) < 4.78 is 28.8. The van der Waals surface area contributed by atoms with Crippen molar-refractivity contribution in [3.63, 3.8) is 0 Å². The number of piperazine rings is 1. The maximum absolute atomic E-state index is 12.6. The molecule has 262 valence electrons. The van der Waals surface area contributed by atoms with Gasteiger partial charge in [-0.05, 0) is 73.3 Å². The first kappa shape index (κ1) is 35.2. The third-order valence-electron chi connectivity index (χ3n) is 9.99. The molecule has 3 aliphatic rings. The Balaban J connectivity index is 1.04. The molecule has 1 saturated carbocycles. The van der Waals surface area contributed by atoms with Crippen LogP contribution in [0.4, 0.5) is 0 Å². The van der Waals surface area contributed by atoms with Crippen LogP contribution >= 0.6 is 23.2 Å². The van der Waals surface area contributed by atoms with Gasteiger partial charge in [0.2, 0.25) is 10.0 Å². The Morgan fingerprint density at radius 2 is 1.56 bits per heavy atom. The Labute approximate surface area is 306 Å². The van der Waals surface area contributed by atoms with E-state index >= 15 is 0 Å². The van der Waals surface area contributed by atoms with Crippen molar-refractivity contribution in [1.29, 1.82) is 0 Å². The molecule has 3 heterocycles. The molecular weight excluding hydrogens is 687 g/mol. The predicted octanol–water partition coefficient (Wildman–Crippen LogP) is 6.03. The highest BCUT2D eigenvalue weighted by molar-refractivity contribution is 7.88. The topological polar surface area (TPSA) is 73.7 Å². The van der Waals surface area contributed by atoms with E-state index in [1.54, 1.807) is 4.31 Å². The van der Waals surface area contributed by atoms with Gasteiger partial charge in [-0.3, -0.25) is 9.58 Å². The van der Waals surface area contributed by atoms with Crippen LogP contribution in [0.25, 0.3) is 11.3 Å². The van der Waals surface area contributed by atoms with Gasteiger partial charge in [-0.15, -0.1) is 0 Å². The highest BCUT2D eigenvalue weighted by Gasteiger charge is 2.32. The number of benzene rings is 3. The standard InChI is InChI=1S/C39H44Cl2N6O2S/c1-50(48,49)46-20-17-38-36(28-46)39(43-47(38)19-2-18-44-21-23-45(24-22-44)35-14-15-35)33-11-16-37(41)32(25-33)10-7-29-3-5-30(6-4-29)26-42-27-31-8-12-34(40)13-9-31/h3-6,8-9,11-13,16,25,35,42H,2,14-15,17-24,26-28H2,1H3. The van der Waals surface area contributed by atoms with E-state index in [1.807, 2.05) is 54.6 Å². The molecular formula is C39H44Cl2N6O2S. The van der Waals surface area contributed by atoms with E-state index in [1.165, 1.54) is 43.3 Å². The number of aryl methyl sites for hydroxylation is 1. The van der Waals surface area contributed by atoms with Crippen LogP contribution in [-0.2, 0) is 42.6 Å². The predicted molar refractivity (Wildman–Crippen MR) is 202 cm³/mol. The summed E-state index contributed by atoms with van der Waals surface area (Å²) in [5.41, 5.74) is 7.76. The molecule has 50 heavy (non-hydrogen) atoms. The van der Waals surface area contributed by atoms with Gasteiger partial charge >= 0.3 is 0 Å². The minimum absolute atomic E-state index is 0.317. The molecule has 3 aromatic carbocycles. The zero-order chi connectivity index (χ0) is 34.7. The molecule has 4 aromatic rings. The number of halogens is 2. The number of aromatic nitrogens is 2. The number of nitrogens with one attached hydrogen (secondary N) is 1.